The van der Waals surface area contributed by atoms with Crippen LogP contribution in [0.25, 0.3) is 0 Å². The van der Waals surface area contributed by atoms with Crippen LogP contribution in [0.3, 0.4) is 0 Å². The van der Waals surface area contributed by atoms with Gasteiger partial charge in [-0.1, -0.05) is 6.42 Å². The Bertz CT molecular complexity index is 376. The molecule has 0 aliphatic heterocycles. The zero-order chi connectivity index (χ0) is 14.1. The van der Waals surface area contributed by atoms with Crippen molar-refractivity contribution in [2.75, 3.05) is 13.2 Å². The zero-order valence-electron chi connectivity index (χ0n) is 12.2. The molecule has 1 unspecified atom stereocenters. The van der Waals surface area contributed by atoms with E-state index in [0.29, 0.717) is 19.1 Å². The summed E-state index contributed by atoms with van der Waals surface area (Å²) in [5.74, 6) is -0.0714. The van der Waals surface area contributed by atoms with Crippen LogP contribution < -0.4 is 5.32 Å². The van der Waals surface area contributed by atoms with Gasteiger partial charge in [0, 0.05) is 22.2 Å². The van der Waals surface area contributed by atoms with Gasteiger partial charge in [0.05, 0.1) is 6.61 Å². The Hall–Kier alpha value is -0.870. The van der Waals surface area contributed by atoms with E-state index in [0.717, 1.165) is 25.8 Å². The molecule has 0 bridgehead atoms. The van der Waals surface area contributed by atoms with Crippen molar-refractivity contribution in [2.24, 2.45) is 0 Å². The van der Waals surface area contributed by atoms with Crippen molar-refractivity contribution in [1.82, 2.24) is 5.32 Å². The number of carbonyl (C=O) groups excluding carboxylic acids is 1. The number of nitrogens with one attached hydrogen (secondary N) is 1. The summed E-state index contributed by atoms with van der Waals surface area (Å²) in [5.41, 5.74) is 0. The molecule has 0 aliphatic carbocycles. The van der Waals surface area contributed by atoms with Gasteiger partial charge in [-0.2, -0.15) is 0 Å². The van der Waals surface area contributed by atoms with E-state index in [-0.39, 0.29) is 5.97 Å². The summed E-state index contributed by atoms with van der Waals surface area (Å²) < 4.78 is 4.89. The van der Waals surface area contributed by atoms with Crippen LogP contribution in [0, 0.1) is 6.92 Å². The number of carbonyl (C=O) groups is 1. The molecule has 0 radical (unpaired) electrons. The maximum atomic E-state index is 11.1. The number of unbranched alkanes of at least 4 members (excludes halogenated alkanes) is 2. The van der Waals surface area contributed by atoms with E-state index in [1.54, 1.807) is 0 Å². The summed E-state index contributed by atoms with van der Waals surface area (Å²) in [4.78, 5) is 13.9. The summed E-state index contributed by atoms with van der Waals surface area (Å²) in [6, 6.07) is 4.78. The predicted molar refractivity (Wildman–Crippen MR) is 80.6 cm³/mol. The number of hydrogen-bond acceptors (Lipinski definition) is 4. The van der Waals surface area contributed by atoms with Crippen LogP contribution in [0.4, 0.5) is 0 Å². The Morgan fingerprint density at radius 2 is 2.16 bits per heavy atom. The van der Waals surface area contributed by atoms with Gasteiger partial charge in [0.15, 0.2) is 0 Å². The van der Waals surface area contributed by atoms with Crippen molar-refractivity contribution in [3.63, 3.8) is 0 Å². The zero-order valence-corrected chi connectivity index (χ0v) is 13.0. The molecule has 0 amide bonds. The van der Waals surface area contributed by atoms with Crippen molar-refractivity contribution in [2.45, 2.75) is 52.5 Å². The van der Waals surface area contributed by atoms with E-state index >= 15 is 0 Å². The first kappa shape index (κ1) is 16.2. The molecule has 1 atom stereocenters. The number of esters is 1. The second-order valence-corrected chi connectivity index (χ2v) is 6.06. The fourth-order valence-electron chi connectivity index (χ4n) is 1.91. The van der Waals surface area contributed by atoms with Crippen molar-refractivity contribution >= 4 is 17.3 Å². The van der Waals surface area contributed by atoms with Crippen molar-refractivity contribution in [1.29, 1.82) is 0 Å². The lowest BCUT2D eigenvalue weighted by atomic mass is 10.2. The number of thiophene rings is 1. The van der Waals surface area contributed by atoms with Crippen LogP contribution in [-0.2, 0) is 9.53 Å². The molecular weight excluding hydrogens is 258 g/mol. The van der Waals surface area contributed by atoms with Gasteiger partial charge < -0.3 is 10.1 Å². The van der Waals surface area contributed by atoms with Gasteiger partial charge in [-0.05, 0) is 52.3 Å². The van der Waals surface area contributed by atoms with E-state index in [1.165, 1.54) is 9.75 Å². The van der Waals surface area contributed by atoms with Crippen LogP contribution in [0.15, 0.2) is 12.1 Å². The number of ether oxygens (including phenoxy) is 1. The minimum Gasteiger partial charge on any atom is -0.466 e. The minimum absolute atomic E-state index is 0.0714. The third-order valence-electron chi connectivity index (χ3n) is 3.00. The van der Waals surface area contributed by atoms with Gasteiger partial charge in [0.2, 0.25) is 0 Å². The average Bonchev–Trinajstić information content (AvgIpc) is 2.80. The SMILES string of the molecule is CCOC(=O)CCCCCNC(C)c1ccc(C)s1. The van der Waals surface area contributed by atoms with Crippen LogP contribution >= 0.6 is 11.3 Å². The van der Waals surface area contributed by atoms with Crippen molar-refractivity contribution in [3.8, 4) is 0 Å². The highest BCUT2D eigenvalue weighted by atomic mass is 32.1. The van der Waals surface area contributed by atoms with Crippen LogP contribution in [0.1, 0.15) is 55.3 Å². The lowest BCUT2D eigenvalue weighted by Crippen LogP contribution is -2.19. The van der Waals surface area contributed by atoms with Gasteiger partial charge >= 0.3 is 5.97 Å². The van der Waals surface area contributed by atoms with Gasteiger partial charge in [0.1, 0.15) is 0 Å². The molecular formula is C15H25NO2S. The smallest absolute Gasteiger partial charge is 0.305 e. The van der Waals surface area contributed by atoms with Crippen molar-refractivity contribution in [3.05, 3.63) is 21.9 Å². The molecule has 1 aromatic heterocycles. The predicted octanol–water partition coefficient (Wildman–Crippen LogP) is 3.83. The average molecular weight is 283 g/mol. The van der Waals surface area contributed by atoms with Crippen LogP contribution in [0.5, 0.6) is 0 Å². The quantitative estimate of drug-likeness (QED) is 0.553. The standard InChI is InChI=1S/C15H25NO2S/c1-4-18-15(17)8-6-5-7-11-16-13(3)14-10-9-12(2)19-14/h9-10,13,16H,4-8,11H2,1-3H3. The highest BCUT2D eigenvalue weighted by Gasteiger charge is 2.06. The highest BCUT2D eigenvalue weighted by molar-refractivity contribution is 7.12. The highest BCUT2D eigenvalue weighted by Crippen LogP contribution is 2.22. The Morgan fingerprint density at radius 1 is 1.37 bits per heavy atom. The van der Waals surface area contributed by atoms with Crippen LogP contribution in [0.2, 0.25) is 0 Å². The second kappa shape index (κ2) is 9.10. The molecule has 3 nitrogen and oxygen atoms in total. The molecule has 0 fully saturated rings. The summed E-state index contributed by atoms with van der Waals surface area (Å²) >= 11 is 1.85. The van der Waals surface area contributed by atoms with E-state index in [4.69, 9.17) is 4.74 Å². The van der Waals surface area contributed by atoms with Gasteiger partial charge in [-0.3, -0.25) is 4.79 Å². The lowest BCUT2D eigenvalue weighted by molar-refractivity contribution is -0.143. The second-order valence-electron chi connectivity index (χ2n) is 4.74. The third kappa shape index (κ3) is 6.73. The molecule has 108 valence electrons. The molecule has 0 saturated carbocycles. The van der Waals surface area contributed by atoms with E-state index in [9.17, 15) is 4.79 Å². The molecule has 4 heteroatoms. The maximum absolute atomic E-state index is 11.1. The summed E-state index contributed by atoms with van der Waals surface area (Å²) in [5, 5.41) is 3.52. The molecule has 0 spiro atoms. The van der Waals surface area contributed by atoms with E-state index < -0.39 is 0 Å². The first-order chi connectivity index (χ1) is 9.13. The molecule has 19 heavy (non-hydrogen) atoms. The largest absolute Gasteiger partial charge is 0.466 e. The number of rotatable bonds is 9. The third-order valence-corrected chi connectivity index (χ3v) is 4.18. The molecule has 0 saturated heterocycles. The molecule has 0 aliphatic rings. The topological polar surface area (TPSA) is 38.3 Å². The van der Waals surface area contributed by atoms with Gasteiger partial charge in [-0.25, -0.2) is 0 Å². The first-order valence-electron chi connectivity index (χ1n) is 7.08. The fraction of sp³-hybridized carbons (Fsp3) is 0.667. The summed E-state index contributed by atoms with van der Waals surface area (Å²) in [6.45, 7) is 7.66. The molecule has 0 aromatic carbocycles. The molecule has 1 N–H and O–H groups in total. The Morgan fingerprint density at radius 3 is 2.79 bits per heavy atom. The minimum atomic E-state index is -0.0714. The van der Waals surface area contributed by atoms with E-state index in [2.05, 4.69) is 31.3 Å². The molecule has 1 heterocycles. The Balaban J connectivity index is 2.03. The Kier molecular flexibility index (Phi) is 7.75. The van der Waals surface area contributed by atoms with Gasteiger partial charge in [0.25, 0.3) is 0 Å². The molecule has 1 aromatic rings. The lowest BCUT2D eigenvalue weighted by Gasteiger charge is -2.11. The first-order valence-corrected chi connectivity index (χ1v) is 7.90. The van der Waals surface area contributed by atoms with Gasteiger partial charge in [-0.15, -0.1) is 11.3 Å². The normalized spacial score (nSPS) is 12.4. The monoisotopic (exact) mass is 283 g/mol. The molecule has 1 rings (SSSR count). The van der Waals surface area contributed by atoms with Crippen LogP contribution in [-0.4, -0.2) is 19.1 Å². The number of hydrogen-bond donors (Lipinski definition) is 1. The summed E-state index contributed by atoms with van der Waals surface area (Å²) in [6.07, 6.45) is 3.65. The Labute approximate surface area is 120 Å². The van der Waals surface area contributed by atoms with Crippen molar-refractivity contribution < 1.29 is 9.53 Å². The maximum Gasteiger partial charge on any atom is 0.305 e. The fourth-order valence-corrected chi connectivity index (χ4v) is 2.81. The summed E-state index contributed by atoms with van der Waals surface area (Å²) in [7, 11) is 0. The number of aryl methyl sites for hydroxylation is 1. The van der Waals surface area contributed by atoms with E-state index in [1.807, 2.05) is 18.3 Å².